The van der Waals surface area contributed by atoms with Gasteiger partial charge in [-0.05, 0) is 31.0 Å². The number of nitrogens with two attached hydrogens (primary N) is 1. The van der Waals surface area contributed by atoms with Crippen LogP contribution in [0.3, 0.4) is 0 Å². The number of benzene rings is 1. The second-order valence-corrected chi connectivity index (χ2v) is 3.76. The molecule has 0 aliphatic heterocycles. The monoisotopic (exact) mass is 184 g/mol. The molecule has 0 amide bonds. The van der Waals surface area contributed by atoms with E-state index < -0.39 is 0 Å². The van der Waals surface area contributed by atoms with Crippen molar-refractivity contribution < 1.29 is 0 Å². The van der Waals surface area contributed by atoms with Gasteiger partial charge in [-0.2, -0.15) is 0 Å². The van der Waals surface area contributed by atoms with Gasteiger partial charge in [0.25, 0.3) is 0 Å². The van der Waals surface area contributed by atoms with Crippen LogP contribution >= 0.6 is 0 Å². The molecule has 0 saturated heterocycles. The summed E-state index contributed by atoms with van der Waals surface area (Å²) in [6.07, 6.45) is 6.66. The number of fused-ring (bicyclic) bond motifs is 3. The highest BCUT2D eigenvalue weighted by atomic mass is 14.7. The van der Waals surface area contributed by atoms with Crippen LogP contribution in [0.25, 0.3) is 17.0 Å². The number of hydrogen-bond acceptors (Lipinski definition) is 1. The van der Waals surface area contributed by atoms with Gasteiger partial charge in [0.15, 0.2) is 0 Å². The summed E-state index contributed by atoms with van der Waals surface area (Å²) in [5.74, 6) is 0. The number of nitrogens with one attached hydrogen (secondary N) is 1. The van der Waals surface area contributed by atoms with Crippen LogP contribution < -0.4 is 5.73 Å². The molecule has 2 nitrogen and oxygen atoms in total. The molecule has 1 aliphatic carbocycles. The Morgan fingerprint density at radius 1 is 1.29 bits per heavy atom. The predicted octanol–water partition coefficient (Wildman–Crippen LogP) is 2.71. The van der Waals surface area contributed by atoms with Gasteiger partial charge in [0.1, 0.15) is 0 Å². The Morgan fingerprint density at radius 3 is 3.14 bits per heavy atom. The van der Waals surface area contributed by atoms with Crippen molar-refractivity contribution in [2.75, 3.05) is 5.73 Å². The van der Waals surface area contributed by atoms with E-state index in [2.05, 4.69) is 23.2 Å². The molecule has 1 aromatic carbocycles. The second-order valence-electron chi connectivity index (χ2n) is 3.76. The summed E-state index contributed by atoms with van der Waals surface area (Å²) in [5, 5.41) is 1.25. The number of anilines is 1. The summed E-state index contributed by atoms with van der Waals surface area (Å²) in [4.78, 5) is 3.44. The molecule has 0 spiro atoms. The fraction of sp³-hybridized carbons (Fsp3) is 0.167. The lowest BCUT2D eigenvalue weighted by molar-refractivity contribution is 0.951. The molecule has 1 heterocycles. The van der Waals surface area contributed by atoms with Crippen LogP contribution in [0.1, 0.15) is 17.7 Å². The summed E-state index contributed by atoms with van der Waals surface area (Å²) in [5.41, 5.74) is 10.5. The number of nitrogen functional groups attached to an aromatic ring is 1. The first-order chi connectivity index (χ1) is 6.84. The molecule has 1 aromatic heterocycles. The molecule has 0 fully saturated rings. The van der Waals surface area contributed by atoms with E-state index >= 15 is 0 Å². The van der Waals surface area contributed by atoms with Crippen molar-refractivity contribution in [2.24, 2.45) is 0 Å². The number of aromatic nitrogens is 1. The quantitative estimate of drug-likeness (QED) is 0.607. The smallest absolute Gasteiger partial charge is 0.0463 e. The highest BCUT2D eigenvalue weighted by molar-refractivity contribution is 5.93. The number of allylic oxidation sites excluding steroid dienone is 1. The average Bonchev–Trinajstić information content (AvgIpc) is 2.56. The van der Waals surface area contributed by atoms with Gasteiger partial charge in [0, 0.05) is 27.8 Å². The Hall–Kier alpha value is -1.70. The van der Waals surface area contributed by atoms with Gasteiger partial charge >= 0.3 is 0 Å². The lowest BCUT2D eigenvalue weighted by atomic mass is 10.0. The largest absolute Gasteiger partial charge is 0.399 e. The summed E-state index contributed by atoms with van der Waals surface area (Å²) in [6.45, 7) is 0. The van der Waals surface area contributed by atoms with Crippen molar-refractivity contribution in [3.05, 3.63) is 35.5 Å². The van der Waals surface area contributed by atoms with Gasteiger partial charge in [-0.25, -0.2) is 0 Å². The number of aryl methyl sites for hydroxylation is 1. The van der Waals surface area contributed by atoms with Gasteiger partial charge < -0.3 is 10.7 Å². The van der Waals surface area contributed by atoms with E-state index in [1.807, 2.05) is 12.1 Å². The third kappa shape index (κ3) is 0.970. The van der Waals surface area contributed by atoms with E-state index in [9.17, 15) is 0 Å². The minimum absolute atomic E-state index is 0.832. The summed E-state index contributed by atoms with van der Waals surface area (Å²) >= 11 is 0. The van der Waals surface area contributed by atoms with E-state index in [0.717, 1.165) is 18.5 Å². The van der Waals surface area contributed by atoms with E-state index in [4.69, 9.17) is 5.73 Å². The second kappa shape index (κ2) is 2.64. The van der Waals surface area contributed by atoms with Gasteiger partial charge in [0.2, 0.25) is 0 Å². The Kier molecular flexibility index (Phi) is 1.45. The lowest BCUT2D eigenvalue weighted by Crippen LogP contribution is -1.90. The first-order valence-electron chi connectivity index (χ1n) is 4.91. The van der Waals surface area contributed by atoms with Gasteiger partial charge in [-0.15, -0.1) is 0 Å². The van der Waals surface area contributed by atoms with Gasteiger partial charge in [-0.1, -0.05) is 12.2 Å². The normalized spacial score (nSPS) is 14.6. The minimum atomic E-state index is 0.832. The van der Waals surface area contributed by atoms with Crippen LogP contribution in [0.2, 0.25) is 0 Å². The van der Waals surface area contributed by atoms with Gasteiger partial charge in [-0.3, -0.25) is 0 Å². The molecule has 2 heteroatoms. The van der Waals surface area contributed by atoms with E-state index in [0.29, 0.717) is 0 Å². The fourth-order valence-corrected chi connectivity index (χ4v) is 2.10. The summed E-state index contributed by atoms with van der Waals surface area (Å²) in [7, 11) is 0. The Balaban J connectivity index is 2.39. The highest BCUT2D eigenvalue weighted by Crippen LogP contribution is 2.28. The molecule has 0 saturated carbocycles. The number of H-pyrrole nitrogens is 1. The van der Waals surface area contributed by atoms with Crippen molar-refractivity contribution in [1.82, 2.24) is 4.98 Å². The van der Waals surface area contributed by atoms with Crippen molar-refractivity contribution >= 4 is 22.7 Å². The van der Waals surface area contributed by atoms with Crippen LogP contribution in [-0.4, -0.2) is 4.98 Å². The van der Waals surface area contributed by atoms with E-state index in [1.54, 1.807) is 0 Å². The zero-order chi connectivity index (χ0) is 9.54. The third-order valence-corrected chi connectivity index (χ3v) is 2.79. The topological polar surface area (TPSA) is 41.8 Å². The van der Waals surface area contributed by atoms with Crippen LogP contribution in [0, 0.1) is 0 Å². The molecule has 0 unspecified atom stereocenters. The Morgan fingerprint density at radius 2 is 2.21 bits per heavy atom. The fourth-order valence-electron chi connectivity index (χ4n) is 2.10. The number of hydrogen-bond donors (Lipinski definition) is 2. The van der Waals surface area contributed by atoms with Crippen LogP contribution in [0.5, 0.6) is 0 Å². The summed E-state index contributed by atoms with van der Waals surface area (Å²) < 4.78 is 0. The van der Waals surface area contributed by atoms with Crippen LogP contribution in [0.15, 0.2) is 24.3 Å². The molecule has 0 radical (unpaired) electrons. The first kappa shape index (κ1) is 7.68. The maximum Gasteiger partial charge on any atom is 0.0463 e. The maximum atomic E-state index is 5.78. The van der Waals surface area contributed by atoms with Crippen molar-refractivity contribution in [1.29, 1.82) is 0 Å². The molecule has 3 N–H and O–H groups in total. The Labute approximate surface area is 82.4 Å². The zero-order valence-corrected chi connectivity index (χ0v) is 7.88. The molecule has 1 aliphatic rings. The molecule has 70 valence electrons. The minimum Gasteiger partial charge on any atom is -0.399 e. The molecule has 14 heavy (non-hydrogen) atoms. The molecule has 0 bridgehead atoms. The predicted molar refractivity (Wildman–Crippen MR) is 60.1 cm³/mol. The van der Waals surface area contributed by atoms with E-state index in [-0.39, 0.29) is 0 Å². The molecular weight excluding hydrogens is 172 g/mol. The lowest BCUT2D eigenvalue weighted by Gasteiger charge is -2.03. The molecule has 0 atom stereocenters. The van der Waals surface area contributed by atoms with Crippen molar-refractivity contribution in [2.45, 2.75) is 12.8 Å². The first-order valence-corrected chi connectivity index (χ1v) is 4.91. The molecule has 3 rings (SSSR count). The maximum absolute atomic E-state index is 5.78. The van der Waals surface area contributed by atoms with Crippen molar-refractivity contribution in [3.8, 4) is 0 Å². The summed E-state index contributed by atoms with van der Waals surface area (Å²) in [6, 6.07) is 6.03. The molecular formula is C12H12N2. The van der Waals surface area contributed by atoms with Crippen LogP contribution in [0.4, 0.5) is 5.69 Å². The Bertz CT molecular complexity index is 520. The molecule has 2 aromatic rings. The zero-order valence-electron chi connectivity index (χ0n) is 7.88. The standard InChI is InChI=1S/C12H12N2/c13-8-5-6-12-10(7-8)9-3-1-2-4-11(9)14-12/h1,3,5-7,14H,2,4,13H2. The SMILES string of the molecule is Nc1ccc2[nH]c3c(c2c1)C=CCC3. The number of aromatic amines is 1. The van der Waals surface area contributed by atoms with Gasteiger partial charge in [0.05, 0.1) is 0 Å². The average molecular weight is 184 g/mol. The van der Waals surface area contributed by atoms with Crippen molar-refractivity contribution in [3.63, 3.8) is 0 Å². The van der Waals surface area contributed by atoms with Crippen LogP contribution in [-0.2, 0) is 6.42 Å². The van der Waals surface area contributed by atoms with E-state index in [1.165, 1.54) is 22.2 Å². The number of rotatable bonds is 0. The highest BCUT2D eigenvalue weighted by Gasteiger charge is 2.11. The third-order valence-electron chi connectivity index (χ3n) is 2.79.